The van der Waals surface area contributed by atoms with E-state index in [0.717, 1.165) is 90.8 Å². The predicted molar refractivity (Wildman–Crippen MR) is 380 cm³/mol. The number of fused-ring (bicyclic) bond motifs is 12. The van der Waals surface area contributed by atoms with Crippen LogP contribution in [0.4, 0.5) is 0 Å². The van der Waals surface area contributed by atoms with Gasteiger partial charge in [-0.2, -0.15) is 0 Å². The van der Waals surface area contributed by atoms with E-state index in [2.05, 4.69) is 20.8 Å². The number of benzene rings is 6. The molecule has 6 saturated heterocycles. The van der Waals surface area contributed by atoms with Gasteiger partial charge in [-0.25, -0.2) is 24.0 Å². The van der Waals surface area contributed by atoms with E-state index in [1.165, 1.54) is 25.2 Å². The third kappa shape index (κ3) is 11.4. The monoisotopic (exact) mass is 1370 g/mol. The lowest BCUT2D eigenvalue weighted by molar-refractivity contribution is -0.216. The number of carbonyl (C=O) groups is 5. The van der Waals surface area contributed by atoms with Gasteiger partial charge in [0.2, 0.25) is 0 Å². The van der Waals surface area contributed by atoms with Gasteiger partial charge in [-0.3, -0.25) is 0 Å². The van der Waals surface area contributed by atoms with Gasteiger partial charge in [0, 0.05) is 67.1 Å². The van der Waals surface area contributed by atoms with E-state index in [0.29, 0.717) is 12.8 Å². The maximum Gasteiger partial charge on any atom is 0.335 e. The average molecular weight is 1380 g/mol. The van der Waals surface area contributed by atoms with E-state index in [9.17, 15) is 39.3 Å². The van der Waals surface area contributed by atoms with E-state index in [-0.39, 0.29) is 42.9 Å². The molecule has 9 aliphatic rings. The van der Waals surface area contributed by atoms with Crippen LogP contribution in [0.3, 0.4) is 0 Å². The molecule has 18 unspecified atom stereocenters. The largest absolute Gasteiger partial charge is 0.457 e. The summed E-state index contributed by atoms with van der Waals surface area (Å²) < 4.78 is 53.7. The first-order valence-electron chi connectivity index (χ1n) is 35.7. The fourth-order valence-electron chi connectivity index (χ4n) is 19.3. The number of ether oxygens (including phenoxy) is 8. The van der Waals surface area contributed by atoms with Gasteiger partial charge in [0.15, 0.2) is 18.3 Å². The molecule has 0 saturated carbocycles. The van der Waals surface area contributed by atoms with Crippen molar-refractivity contribution in [3.63, 3.8) is 0 Å². The van der Waals surface area contributed by atoms with Crippen molar-refractivity contribution in [3.05, 3.63) is 266 Å². The fraction of sp³-hybridized carbons (Fsp3) is 0.384. The van der Waals surface area contributed by atoms with Crippen molar-refractivity contribution >= 4 is 48.1 Å². The first-order chi connectivity index (χ1) is 49.0. The molecule has 6 fully saturated rings. The van der Waals surface area contributed by atoms with Crippen LogP contribution in [0.25, 0.3) is 18.2 Å². The van der Waals surface area contributed by atoms with Crippen LogP contribution in [0.5, 0.6) is 0 Å². The van der Waals surface area contributed by atoms with Gasteiger partial charge in [0.1, 0.15) is 52.9 Å². The highest BCUT2D eigenvalue weighted by Crippen LogP contribution is 2.68. The molecule has 6 heterocycles. The Kier molecular flexibility index (Phi) is 17.7. The van der Waals surface area contributed by atoms with Crippen LogP contribution in [0.2, 0.25) is 0 Å². The number of esters is 5. The van der Waals surface area contributed by atoms with Gasteiger partial charge in [0.05, 0.1) is 11.7 Å². The molecule has 526 valence electrons. The summed E-state index contributed by atoms with van der Waals surface area (Å²) in [5, 5.41) is 32.5. The van der Waals surface area contributed by atoms with Crippen LogP contribution in [0, 0.1) is 17.8 Å². The van der Waals surface area contributed by atoms with Crippen molar-refractivity contribution in [2.75, 3.05) is 6.61 Å². The summed E-state index contributed by atoms with van der Waals surface area (Å²) >= 11 is 0. The molecule has 0 aromatic heterocycles. The molecule has 0 radical (unpaired) electrons. The van der Waals surface area contributed by atoms with E-state index < -0.39 is 119 Å². The summed E-state index contributed by atoms with van der Waals surface area (Å²) in [6, 6.07) is 54.4. The number of hydrogen-bond acceptors (Lipinski definition) is 16. The van der Waals surface area contributed by atoms with E-state index in [1.54, 1.807) is 18.2 Å². The molecule has 6 bridgehead atoms. The summed E-state index contributed by atoms with van der Waals surface area (Å²) in [5.41, 5.74) is 5.82. The molecule has 0 spiro atoms. The molecule has 6 aliphatic heterocycles. The van der Waals surface area contributed by atoms with Gasteiger partial charge >= 0.3 is 29.8 Å². The first-order valence-corrected chi connectivity index (χ1v) is 35.7. The summed E-state index contributed by atoms with van der Waals surface area (Å²) in [7, 11) is 0. The molecular formula is C86H86O16. The maximum absolute atomic E-state index is 14.8. The molecule has 18 atom stereocenters. The molecule has 3 aliphatic carbocycles. The van der Waals surface area contributed by atoms with Crippen LogP contribution >= 0.6 is 0 Å². The SMILES string of the molecule is CC1=C2C(OC(=O)/C=C/c3ccc(C4CC5C(=C4C)C(OC(=O)/C=C/c4cccc(C6CC7C(=C6C)C(OC(=O)/C=C/c6ccccc6)C6(c8ccccc8)CC(OC(=O)C(C)O)C7(C)O6)c4)C4(c6ccccc6)CC(O)C5(C)O4)cc3)C3(c4ccccc4)CC(OC(=O)CO)C(C)(O3)C2CC1. The lowest BCUT2D eigenvalue weighted by Gasteiger charge is -2.48. The Morgan fingerprint density at radius 2 is 0.912 bits per heavy atom. The van der Waals surface area contributed by atoms with Crippen LogP contribution in [0.15, 0.2) is 222 Å². The Morgan fingerprint density at radius 3 is 1.42 bits per heavy atom. The van der Waals surface area contributed by atoms with E-state index >= 15 is 0 Å². The molecule has 16 nitrogen and oxygen atoms in total. The molecule has 3 N–H and O–H groups in total. The lowest BCUT2D eigenvalue weighted by Crippen LogP contribution is -2.55. The quantitative estimate of drug-likeness (QED) is 0.0315. The Morgan fingerprint density at radius 1 is 0.490 bits per heavy atom. The Labute approximate surface area is 594 Å². The standard InChI is InChI=1S/C86H86O16/c1-50-31-39-64-74(50)77(85(60-27-16-10-17-28-60)47-68(82(64,6)101-85)95-73(93)49-87)97-70(90)41-35-55-32-37-57(38-33-55)62-44-65-75(51(62)2)78(84(59-25-14-9-15-26-59)46-67(89)81(65,5)100-84)98-72(92)42-36-56-23-20-24-58(43-56)63-45-66-76(52(63)3)79(99-71(91)40-34-54-21-12-8-13-22-54)86(61-29-18-11-19-30-61)48-69(83(66,7)102-86)96-80(94)53(4)88/h8-30,32-38,40-43,53,62-69,77-79,87-89H,31,39,44-49H2,1-7H3/b40-34+,41-35+,42-36+. The smallest absolute Gasteiger partial charge is 0.335 e. The highest BCUT2D eigenvalue weighted by molar-refractivity contribution is 5.89. The minimum atomic E-state index is -1.38. The van der Waals surface area contributed by atoms with Gasteiger partial charge in [-0.15, -0.1) is 0 Å². The number of allylic oxidation sites excluding steroid dienone is 3. The second-order valence-corrected chi connectivity index (χ2v) is 30.0. The van der Waals surface area contributed by atoms with Crippen molar-refractivity contribution in [2.24, 2.45) is 17.8 Å². The number of aliphatic hydroxyl groups is 3. The summed E-state index contributed by atoms with van der Waals surface area (Å²) in [6.45, 7) is 12.7. The average Bonchev–Trinajstić information content (AvgIpc) is 1.54. The summed E-state index contributed by atoms with van der Waals surface area (Å²) in [5.74, 6) is -4.50. The second-order valence-electron chi connectivity index (χ2n) is 30.0. The van der Waals surface area contributed by atoms with Crippen LogP contribution < -0.4 is 0 Å². The molecular weight excluding hydrogens is 1290 g/mol. The minimum Gasteiger partial charge on any atom is -0.457 e. The van der Waals surface area contributed by atoms with Gasteiger partial charge in [-0.05, 0) is 154 Å². The number of hydrogen-bond donors (Lipinski definition) is 3. The second kappa shape index (κ2) is 26.3. The van der Waals surface area contributed by atoms with Crippen molar-refractivity contribution in [3.8, 4) is 0 Å². The third-order valence-electron chi connectivity index (χ3n) is 24.3. The van der Waals surface area contributed by atoms with Crippen molar-refractivity contribution in [1.82, 2.24) is 0 Å². The maximum atomic E-state index is 14.8. The Hall–Kier alpha value is -9.13. The number of aliphatic hydroxyl groups excluding tert-OH is 3. The van der Waals surface area contributed by atoms with Crippen LogP contribution in [-0.2, 0) is 78.7 Å². The zero-order valence-electron chi connectivity index (χ0n) is 58.4. The van der Waals surface area contributed by atoms with Crippen LogP contribution in [0.1, 0.15) is 150 Å². The van der Waals surface area contributed by atoms with E-state index in [4.69, 9.17) is 37.9 Å². The van der Waals surface area contributed by atoms with Gasteiger partial charge < -0.3 is 53.2 Å². The first kappa shape index (κ1) is 68.6. The summed E-state index contributed by atoms with van der Waals surface area (Å²) in [6.07, 6.45) is 6.22. The highest BCUT2D eigenvalue weighted by Gasteiger charge is 2.73. The minimum absolute atomic E-state index is 0.142. The van der Waals surface area contributed by atoms with Crippen molar-refractivity contribution in [2.45, 2.75) is 182 Å². The molecule has 102 heavy (non-hydrogen) atoms. The molecule has 0 amide bonds. The van der Waals surface area contributed by atoms with Gasteiger partial charge in [-0.1, -0.05) is 187 Å². The fourth-order valence-corrected chi connectivity index (χ4v) is 19.3. The van der Waals surface area contributed by atoms with Crippen molar-refractivity contribution < 1.29 is 77.2 Å². The molecule has 15 rings (SSSR count). The summed E-state index contributed by atoms with van der Waals surface area (Å²) in [4.78, 5) is 69.3. The third-order valence-corrected chi connectivity index (χ3v) is 24.3. The molecule has 6 aromatic rings. The predicted octanol–water partition coefficient (Wildman–Crippen LogP) is 13.3. The Bertz CT molecular complexity index is 4480. The molecule has 6 aromatic carbocycles. The van der Waals surface area contributed by atoms with Crippen LogP contribution in [-0.4, -0.2) is 111 Å². The normalized spacial score (nSPS) is 34.3. The number of rotatable bonds is 18. The number of carbonyl (C=O) groups excluding carboxylic acids is 5. The topological polar surface area (TPSA) is 220 Å². The van der Waals surface area contributed by atoms with Crippen molar-refractivity contribution in [1.29, 1.82) is 0 Å². The zero-order chi connectivity index (χ0) is 71.3. The highest BCUT2D eigenvalue weighted by atomic mass is 16.6. The Balaban J connectivity index is 0.699. The zero-order valence-corrected chi connectivity index (χ0v) is 58.4. The lowest BCUT2D eigenvalue weighted by atomic mass is 9.75. The van der Waals surface area contributed by atoms with Gasteiger partial charge in [0.25, 0.3) is 0 Å². The molecule has 16 heteroatoms. The van der Waals surface area contributed by atoms with E-state index in [1.807, 2.05) is 191 Å².